The molecular weight excluding hydrogens is 279 g/mol. The second kappa shape index (κ2) is 5.00. The fourth-order valence-electron chi connectivity index (χ4n) is 1.09. The Balaban J connectivity index is 3.31. The van der Waals surface area contributed by atoms with Gasteiger partial charge in [-0.15, -0.1) is 0 Å². The Morgan fingerprint density at radius 2 is 2.21 bits per heavy atom. The highest BCUT2D eigenvalue weighted by Crippen LogP contribution is 2.27. The van der Waals surface area contributed by atoms with Crippen molar-refractivity contribution in [2.45, 2.75) is 18.4 Å². The predicted molar refractivity (Wildman–Crippen MR) is 52.8 cm³/mol. The molecule has 0 spiro atoms. The number of rotatable bonds is 3. The van der Waals surface area contributed by atoms with E-state index in [9.17, 15) is 8.78 Å². The number of aliphatic hydroxyl groups excluding tert-OH is 1. The van der Waals surface area contributed by atoms with Gasteiger partial charge in [0, 0.05) is 10.9 Å². The van der Waals surface area contributed by atoms with Gasteiger partial charge in [-0.3, -0.25) is 0 Å². The molecule has 1 heterocycles. The van der Waals surface area contributed by atoms with Gasteiger partial charge in [-0.2, -0.15) is 0 Å². The average molecular weight is 287 g/mol. The fraction of sp³-hybridized carbons (Fsp3) is 0.375. The lowest BCUT2D eigenvalue weighted by molar-refractivity contribution is 0.141. The summed E-state index contributed by atoms with van der Waals surface area (Å²) in [6.07, 6.45) is -2.73. The topological polar surface area (TPSA) is 33.1 Å². The number of aliphatic hydroxyl groups is 1. The van der Waals surface area contributed by atoms with Gasteiger partial charge in [-0.25, -0.2) is 13.8 Å². The van der Waals surface area contributed by atoms with Gasteiger partial charge in [0.2, 0.25) is 0 Å². The number of halogens is 4. The predicted octanol–water partition coefficient (Wildman–Crippen LogP) is 3.06. The summed E-state index contributed by atoms with van der Waals surface area (Å²) >= 11 is 8.68. The normalized spacial score (nSPS) is 11.0. The molecule has 0 atom stereocenters. The number of pyridine rings is 1. The molecule has 1 aromatic heterocycles. The first-order valence-corrected chi connectivity index (χ1v) is 5.23. The van der Waals surface area contributed by atoms with Crippen LogP contribution >= 0.6 is 27.5 Å². The fourth-order valence-corrected chi connectivity index (χ4v) is 1.82. The van der Waals surface area contributed by atoms with Crippen LogP contribution in [0, 0.1) is 0 Å². The van der Waals surface area contributed by atoms with E-state index in [-0.39, 0.29) is 10.7 Å². The van der Waals surface area contributed by atoms with Crippen LogP contribution in [0.1, 0.15) is 23.2 Å². The van der Waals surface area contributed by atoms with Gasteiger partial charge < -0.3 is 5.11 Å². The van der Waals surface area contributed by atoms with E-state index in [2.05, 4.69) is 20.9 Å². The molecule has 0 aromatic carbocycles. The second-order valence-electron chi connectivity index (χ2n) is 2.56. The molecule has 0 unspecified atom stereocenters. The van der Waals surface area contributed by atoms with Crippen molar-refractivity contribution in [3.8, 4) is 0 Å². The number of hydrogen-bond donors (Lipinski definition) is 1. The summed E-state index contributed by atoms with van der Waals surface area (Å²) in [5.74, 6) is 0. The molecule has 6 heteroatoms. The van der Waals surface area contributed by atoms with Crippen molar-refractivity contribution >= 4 is 27.5 Å². The van der Waals surface area contributed by atoms with E-state index in [0.717, 1.165) is 0 Å². The Labute approximate surface area is 93.0 Å². The quantitative estimate of drug-likeness (QED) is 0.684. The van der Waals surface area contributed by atoms with E-state index in [1.54, 1.807) is 0 Å². The van der Waals surface area contributed by atoms with E-state index in [1.807, 2.05) is 0 Å². The van der Waals surface area contributed by atoms with Crippen molar-refractivity contribution in [1.82, 2.24) is 4.98 Å². The summed E-state index contributed by atoms with van der Waals surface area (Å²) in [6, 6.07) is 1.45. The minimum Gasteiger partial charge on any atom is -0.392 e. The van der Waals surface area contributed by atoms with E-state index < -0.39 is 18.7 Å². The second-order valence-corrected chi connectivity index (χ2v) is 3.51. The molecule has 0 bridgehead atoms. The molecule has 78 valence electrons. The van der Waals surface area contributed by atoms with Crippen molar-refractivity contribution in [3.05, 3.63) is 28.0 Å². The lowest BCUT2D eigenvalue weighted by Crippen LogP contribution is -2.03. The zero-order valence-corrected chi connectivity index (χ0v) is 9.32. The van der Waals surface area contributed by atoms with Crippen LogP contribution in [0.25, 0.3) is 0 Å². The number of aromatic nitrogens is 1. The minimum absolute atomic E-state index is 0.00644. The molecule has 0 saturated heterocycles. The van der Waals surface area contributed by atoms with Crippen molar-refractivity contribution in [3.63, 3.8) is 0 Å². The van der Waals surface area contributed by atoms with Gasteiger partial charge in [0.1, 0.15) is 10.8 Å². The van der Waals surface area contributed by atoms with Crippen LogP contribution in [0.15, 0.2) is 6.07 Å². The first-order valence-electron chi connectivity index (χ1n) is 3.73. The van der Waals surface area contributed by atoms with Crippen LogP contribution in [0.2, 0.25) is 5.15 Å². The molecule has 14 heavy (non-hydrogen) atoms. The van der Waals surface area contributed by atoms with Crippen LogP contribution in [0.5, 0.6) is 0 Å². The molecule has 0 radical (unpaired) electrons. The zero-order chi connectivity index (χ0) is 10.7. The highest BCUT2D eigenvalue weighted by Gasteiger charge is 2.18. The third kappa shape index (κ3) is 2.40. The number of nitrogens with zero attached hydrogens (tertiary/aromatic N) is 1. The van der Waals surface area contributed by atoms with Gasteiger partial charge in [-0.05, 0) is 11.6 Å². The maximum absolute atomic E-state index is 12.5. The highest BCUT2D eigenvalue weighted by molar-refractivity contribution is 9.08. The first kappa shape index (κ1) is 11.8. The smallest absolute Gasteiger partial charge is 0.280 e. The first-order chi connectivity index (χ1) is 6.60. The van der Waals surface area contributed by atoms with Gasteiger partial charge in [-0.1, -0.05) is 27.5 Å². The SMILES string of the molecule is OCc1c(CBr)cc(Cl)nc1C(F)F. The summed E-state index contributed by atoms with van der Waals surface area (Å²) in [7, 11) is 0. The maximum atomic E-state index is 12.5. The summed E-state index contributed by atoms with van der Waals surface area (Å²) in [5, 5.41) is 9.29. The van der Waals surface area contributed by atoms with Gasteiger partial charge in [0.25, 0.3) is 6.43 Å². The van der Waals surface area contributed by atoms with Crippen molar-refractivity contribution in [1.29, 1.82) is 0 Å². The lowest BCUT2D eigenvalue weighted by Gasteiger charge is -2.10. The van der Waals surface area contributed by atoms with Crippen LogP contribution in [-0.4, -0.2) is 10.1 Å². The van der Waals surface area contributed by atoms with Crippen LogP contribution < -0.4 is 0 Å². The molecular formula is C8H7BrClF2NO. The van der Waals surface area contributed by atoms with Crippen molar-refractivity contribution in [2.24, 2.45) is 0 Å². The highest BCUT2D eigenvalue weighted by atomic mass is 79.9. The molecule has 0 amide bonds. The van der Waals surface area contributed by atoms with Gasteiger partial charge in [0.15, 0.2) is 0 Å². The van der Waals surface area contributed by atoms with E-state index in [4.69, 9.17) is 16.7 Å². The zero-order valence-electron chi connectivity index (χ0n) is 6.98. The standard InChI is InChI=1S/C8H7BrClF2NO/c9-2-4-1-6(10)13-7(8(11)12)5(4)3-14/h1,8,14H,2-3H2. The van der Waals surface area contributed by atoms with Crippen LogP contribution in [0.4, 0.5) is 8.78 Å². The van der Waals surface area contributed by atoms with E-state index >= 15 is 0 Å². The van der Waals surface area contributed by atoms with Crippen molar-refractivity contribution < 1.29 is 13.9 Å². The molecule has 0 aliphatic heterocycles. The Hall–Kier alpha value is -0.260. The average Bonchev–Trinajstić information content (AvgIpc) is 2.16. The van der Waals surface area contributed by atoms with E-state index in [0.29, 0.717) is 10.9 Å². The number of alkyl halides is 3. The molecule has 0 saturated carbocycles. The molecule has 1 aromatic rings. The molecule has 1 rings (SSSR count). The Bertz CT molecular complexity index is 335. The lowest BCUT2D eigenvalue weighted by atomic mass is 10.1. The third-order valence-corrected chi connectivity index (χ3v) is 2.52. The number of hydrogen-bond acceptors (Lipinski definition) is 2. The van der Waals surface area contributed by atoms with Gasteiger partial charge in [0.05, 0.1) is 6.61 Å². The summed E-state index contributed by atoms with van der Waals surface area (Å²) < 4.78 is 24.9. The summed E-state index contributed by atoms with van der Waals surface area (Å²) in [5.41, 5.74) is 0.221. The van der Waals surface area contributed by atoms with Gasteiger partial charge >= 0.3 is 0 Å². The molecule has 2 nitrogen and oxygen atoms in total. The van der Waals surface area contributed by atoms with Crippen LogP contribution in [-0.2, 0) is 11.9 Å². The molecule has 0 fully saturated rings. The Kier molecular flexibility index (Phi) is 4.22. The molecule has 0 aliphatic rings. The van der Waals surface area contributed by atoms with Crippen molar-refractivity contribution in [2.75, 3.05) is 0 Å². The monoisotopic (exact) mass is 285 g/mol. The molecule has 0 aliphatic carbocycles. The minimum atomic E-state index is -2.73. The molecule has 1 N–H and O–H groups in total. The third-order valence-electron chi connectivity index (χ3n) is 1.73. The Morgan fingerprint density at radius 3 is 2.64 bits per heavy atom. The summed E-state index contributed by atoms with van der Waals surface area (Å²) in [6.45, 7) is -0.467. The largest absolute Gasteiger partial charge is 0.392 e. The maximum Gasteiger partial charge on any atom is 0.280 e. The van der Waals surface area contributed by atoms with Crippen LogP contribution in [0.3, 0.4) is 0 Å². The summed E-state index contributed by atoms with van der Waals surface area (Å²) in [4.78, 5) is 3.49. The Morgan fingerprint density at radius 1 is 1.57 bits per heavy atom. The van der Waals surface area contributed by atoms with E-state index in [1.165, 1.54) is 6.07 Å².